The summed E-state index contributed by atoms with van der Waals surface area (Å²) < 4.78 is 10.5. The van der Waals surface area contributed by atoms with Crippen LogP contribution in [0.15, 0.2) is 11.1 Å². The maximum absolute atomic E-state index is 12.4. The third-order valence-corrected chi connectivity index (χ3v) is 6.53. The van der Waals surface area contributed by atoms with Gasteiger partial charge in [-0.2, -0.15) is 0 Å². The fraction of sp³-hybridized carbons (Fsp3) is 0.800. The first-order valence-electron chi connectivity index (χ1n) is 9.21. The summed E-state index contributed by atoms with van der Waals surface area (Å²) in [6.45, 7) is 9.01. The molecule has 4 heteroatoms. The molecule has 3 rings (SSSR count). The fourth-order valence-electron chi connectivity index (χ4n) is 5.71. The van der Waals surface area contributed by atoms with E-state index in [0.717, 1.165) is 18.4 Å². The van der Waals surface area contributed by atoms with Gasteiger partial charge in [-0.3, -0.25) is 4.79 Å². The van der Waals surface area contributed by atoms with Gasteiger partial charge in [0.25, 0.3) is 0 Å². The lowest BCUT2D eigenvalue weighted by Crippen LogP contribution is -2.41. The van der Waals surface area contributed by atoms with Crippen molar-refractivity contribution >= 4 is 11.9 Å². The van der Waals surface area contributed by atoms with Gasteiger partial charge in [0.2, 0.25) is 0 Å². The molecule has 1 saturated carbocycles. The number of rotatable bonds is 2. The van der Waals surface area contributed by atoms with E-state index in [-0.39, 0.29) is 23.5 Å². The summed E-state index contributed by atoms with van der Waals surface area (Å²) in [5.74, 6) is -0.731. The second-order valence-corrected chi connectivity index (χ2v) is 8.97. The highest BCUT2D eigenvalue weighted by Gasteiger charge is 2.52. The first-order chi connectivity index (χ1) is 11.2. The molecule has 0 unspecified atom stereocenters. The third-order valence-electron chi connectivity index (χ3n) is 6.53. The fourth-order valence-corrected chi connectivity index (χ4v) is 5.71. The van der Waals surface area contributed by atoms with E-state index in [9.17, 15) is 9.59 Å². The maximum Gasteiger partial charge on any atom is 0.335 e. The van der Waals surface area contributed by atoms with E-state index in [1.807, 2.05) is 6.92 Å². The van der Waals surface area contributed by atoms with Crippen LogP contribution in [0.4, 0.5) is 0 Å². The average Bonchev–Trinajstić information content (AvgIpc) is 2.80. The predicted molar refractivity (Wildman–Crippen MR) is 91.2 cm³/mol. The zero-order chi connectivity index (χ0) is 17.7. The molecule has 1 fully saturated rings. The normalized spacial score (nSPS) is 38.5. The maximum atomic E-state index is 12.4. The zero-order valence-corrected chi connectivity index (χ0v) is 15.6. The number of ether oxygens (including phenoxy) is 2. The van der Waals surface area contributed by atoms with Crippen LogP contribution in [0.25, 0.3) is 0 Å². The molecule has 2 aliphatic carbocycles. The van der Waals surface area contributed by atoms with Crippen molar-refractivity contribution in [2.75, 3.05) is 7.11 Å². The van der Waals surface area contributed by atoms with E-state index in [0.29, 0.717) is 23.3 Å². The highest BCUT2D eigenvalue weighted by atomic mass is 16.5. The SMILES string of the molecule is COC(=O)[C@@H]1CC[C@H]([C@@]2(C)CCCC(C)(C)C2)C2=C1C(=O)O[C@@H]2C. The summed E-state index contributed by atoms with van der Waals surface area (Å²) in [6.07, 6.45) is 6.24. The van der Waals surface area contributed by atoms with Crippen molar-refractivity contribution in [2.45, 2.75) is 72.3 Å². The van der Waals surface area contributed by atoms with Gasteiger partial charge in [0.05, 0.1) is 18.6 Å². The van der Waals surface area contributed by atoms with Gasteiger partial charge in [0.15, 0.2) is 0 Å². The van der Waals surface area contributed by atoms with Gasteiger partial charge in [0, 0.05) is 0 Å². The van der Waals surface area contributed by atoms with Gasteiger partial charge in [0.1, 0.15) is 6.10 Å². The van der Waals surface area contributed by atoms with E-state index in [4.69, 9.17) is 9.47 Å². The molecule has 1 aliphatic heterocycles. The van der Waals surface area contributed by atoms with Gasteiger partial charge in [-0.05, 0) is 61.3 Å². The second-order valence-electron chi connectivity index (χ2n) is 8.97. The molecule has 0 spiro atoms. The number of methoxy groups -OCH3 is 1. The number of carbonyl (C=O) groups excluding carboxylic acids is 2. The van der Waals surface area contributed by atoms with Crippen LogP contribution < -0.4 is 0 Å². The summed E-state index contributed by atoms with van der Waals surface area (Å²) >= 11 is 0. The minimum absolute atomic E-state index is 0.172. The molecule has 3 aliphatic rings. The molecular formula is C20H30O4. The largest absolute Gasteiger partial charge is 0.469 e. The molecule has 4 atom stereocenters. The number of esters is 2. The van der Waals surface area contributed by atoms with Gasteiger partial charge in [-0.1, -0.05) is 27.2 Å². The van der Waals surface area contributed by atoms with Crippen molar-refractivity contribution in [1.82, 2.24) is 0 Å². The Morgan fingerprint density at radius 2 is 1.92 bits per heavy atom. The van der Waals surface area contributed by atoms with Gasteiger partial charge in [-0.25, -0.2) is 4.79 Å². The van der Waals surface area contributed by atoms with Crippen LogP contribution in [0.2, 0.25) is 0 Å². The Bertz CT molecular complexity index is 588. The average molecular weight is 334 g/mol. The molecule has 0 aromatic rings. The lowest BCUT2D eigenvalue weighted by atomic mass is 9.55. The Morgan fingerprint density at radius 3 is 2.54 bits per heavy atom. The van der Waals surface area contributed by atoms with Crippen molar-refractivity contribution in [3.63, 3.8) is 0 Å². The highest BCUT2D eigenvalue weighted by molar-refractivity contribution is 5.99. The van der Waals surface area contributed by atoms with Crippen molar-refractivity contribution in [2.24, 2.45) is 22.7 Å². The Kier molecular flexibility index (Phi) is 4.29. The van der Waals surface area contributed by atoms with Crippen molar-refractivity contribution in [1.29, 1.82) is 0 Å². The lowest BCUT2D eigenvalue weighted by Gasteiger charge is -2.49. The van der Waals surface area contributed by atoms with E-state index in [1.165, 1.54) is 26.4 Å². The molecule has 0 saturated heterocycles. The third kappa shape index (κ3) is 2.78. The molecule has 0 amide bonds. The molecular weight excluding hydrogens is 304 g/mol. The van der Waals surface area contributed by atoms with Gasteiger partial charge < -0.3 is 9.47 Å². The molecule has 1 heterocycles. The van der Waals surface area contributed by atoms with Gasteiger partial charge >= 0.3 is 11.9 Å². The Morgan fingerprint density at radius 1 is 1.21 bits per heavy atom. The molecule has 0 aromatic heterocycles. The molecule has 134 valence electrons. The summed E-state index contributed by atoms with van der Waals surface area (Å²) in [5, 5.41) is 0. The van der Waals surface area contributed by atoms with Crippen LogP contribution in [0, 0.1) is 22.7 Å². The summed E-state index contributed by atoms with van der Waals surface area (Å²) in [6, 6.07) is 0. The lowest BCUT2D eigenvalue weighted by molar-refractivity contribution is -0.148. The standard InChI is InChI=1S/C20H30O4/c1-12-15-14(20(4)10-6-9-19(2,3)11-20)8-7-13(17(21)23-5)16(15)18(22)24-12/h12-14H,6-11H2,1-5H3/t12-,13-,14+,20+/m1/s1. The van der Waals surface area contributed by atoms with Crippen LogP contribution in [-0.4, -0.2) is 25.2 Å². The first-order valence-corrected chi connectivity index (χ1v) is 9.21. The minimum Gasteiger partial charge on any atom is -0.469 e. The number of carbonyl (C=O) groups is 2. The summed E-state index contributed by atoms with van der Waals surface area (Å²) in [7, 11) is 1.39. The van der Waals surface area contributed by atoms with Crippen molar-refractivity contribution in [3.05, 3.63) is 11.1 Å². The van der Waals surface area contributed by atoms with E-state index in [1.54, 1.807) is 0 Å². The molecule has 24 heavy (non-hydrogen) atoms. The number of hydrogen-bond acceptors (Lipinski definition) is 4. The van der Waals surface area contributed by atoms with Crippen LogP contribution in [0.1, 0.15) is 66.2 Å². The zero-order valence-electron chi connectivity index (χ0n) is 15.6. The van der Waals surface area contributed by atoms with Crippen molar-refractivity contribution in [3.8, 4) is 0 Å². The molecule has 0 radical (unpaired) electrons. The Balaban J connectivity index is 2.01. The van der Waals surface area contributed by atoms with Crippen LogP contribution in [0.3, 0.4) is 0 Å². The Hall–Kier alpha value is -1.32. The number of cyclic esters (lactones) is 1. The predicted octanol–water partition coefficient (Wildman–Crippen LogP) is 4.03. The molecule has 0 N–H and O–H groups in total. The van der Waals surface area contributed by atoms with E-state index in [2.05, 4.69) is 20.8 Å². The smallest absolute Gasteiger partial charge is 0.335 e. The topological polar surface area (TPSA) is 52.6 Å². The van der Waals surface area contributed by atoms with Crippen LogP contribution in [0.5, 0.6) is 0 Å². The Labute approximate surface area is 145 Å². The first kappa shape index (κ1) is 17.5. The van der Waals surface area contributed by atoms with E-state index < -0.39 is 5.92 Å². The second kappa shape index (κ2) is 5.89. The van der Waals surface area contributed by atoms with Crippen LogP contribution in [-0.2, 0) is 19.1 Å². The summed E-state index contributed by atoms with van der Waals surface area (Å²) in [5.41, 5.74) is 2.20. The monoisotopic (exact) mass is 334 g/mol. The highest BCUT2D eigenvalue weighted by Crippen LogP contribution is 2.57. The molecule has 0 bridgehead atoms. The van der Waals surface area contributed by atoms with Gasteiger partial charge in [-0.15, -0.1) is 0 Å². The van der Waals surface area contributed by atoms with Crippen LogP contribution >= 0.6 is 0 Å². The molecule has 0 aromatic carbocycles. The number of hydrogen-bond donors (Lipinski definition) is 0. The molecule has 4 nitrogen and oxygen atoms in total. The quantitative estimate of drug-likeness (QED) is 0.715. The summed E-state index contributed by atoms with van der Waals surface area (Å²) in [4.78, 5) is 24.6. The minimum atomic E-state index is -0.445. The van der Waals surface area contributed by atoms with E-state index >= 15 is 0 Å². The van der Waals surface area contributed by atoms with Crippen molar-refractivity contribution < 1.29 is 19.1 Å².